The Morgan fingerprint density at radius 1 is 1.23 bits per heavy atom. The molecule has 0 fully saturated rings. The van der Waals surface area contributed by atoms with Gasteiger partial charge in [-0.15, -0.1) is 0 Å². The molecule has 0 spiro atoms. The van der Waals surface area contributed by atoms with Crippen LogP contribution in [0.15, 0.2) is 51.9 Å². The number of methoxy groups -OCH3 is 1. The van der Waals surface area contributed by atoms with Crippen molar-refractivity contribution in [2.45, 2.75) is 25.3 Å². The van der Waals surface area contributed by atoms with Gasteiger partial charge >= 0.3 is 0 Å². The number of carbonyl (C=O) groups excluding carboxylic acids is 1. The first-order chi connectivity index (χ1) is 14.8. The summed E-state index contributed by atoms with van der Waals surface area (Å²) in [5.74, 6) is 0.401. The maximum absolute atomic E-state index is 13.1. The molecule has 0 radical (unpaired) electrons. The minimum absolute atomic E-state index is 0.0459. The fraction of sp³-hybridized carbons (Fsp3) is 0.286. The third-order valence-corrected chi connectivity index (χ3v) is 6.36. The number of hydrogen-bond donors (Lipinski definition) is 1. The summed E-state index contributed by atoms with van der Waals surface area (Å²) in [6, 6.07) is 11.7. The maximum atomic E-state index is 13.1. The SMILES string of the molecule is CCNC(=O)c1cc(S(=O)(=O)N(C)Cc2nc(-c3cccc(C)c3)no2)ccc1OC. The zero-order valence-corrected chi connectivity index (χ0v) is 18.6. The number of amides is 1. The van der Waals surface area contributed by atoms with Gasteiger partial charge in [0.05, 0.1) is 24.1 Å². The van der Waals surface area contributed by atoms with Crippen LogP contribution >= 0.6 is 0 Å². The molecule has 10 heteroatoms. The predicted molar refractivity (Wildman–Crippen MR) is 114 cm³/mol. The number of carbonyl (C=O) groups is 1. The Kier molecular flexibility index (Phi) is 6.71. The smallest absolute Gasteiger partial charge is 0.255 e. The van der Waals surface area contributed by atoms with E-state index in [4.69, 9.17) is 9.26 Å². The van der Waals surface area contributed by atoms with E-state index < -0.39 is 15.9 Å². The van der Waals surface area contributed by atoms with Crippen molar-refractivity contribution in [2.75, 3.05) is 20.7 Å². The third kappa shape index (κ3) is 4.92. The molecule has 0 bridgehead atoms. The Bertz CT molecular complexity index is 1190. The Morgan fingerprint density at radius 3 is 2.68 bits per heavy atom. The molecule has 0 unspecified atom stereocenters. The van der Waals surface area contributed by atoms with E-state index in [1.807, 2.05) is 31.2 Å². The molecule has 164 valence electrons. The highest BCUT2D eigenvalue weighted by Gasteiger charge is 2.25. The lowest BCUT2D eigenvalue weighted by Gasteiger charge is -2.16. The van der Waals surface area contributed by atoms with Gasteiger partial charge in [0.1, 0.15) is 5.75 Å². The van der Waals surface area contributed by atoms with E-state index in [1.54, 1.807) is 6.92 Å². The molecule has 0 saturated heterocycles. The molecule has 1 heterocycles. The van der Waals surface area contributed by atoms with Crippen LogP contribution in [0.4, 0.5) is 0 Å². The molecule has 0 aliphatic rings. The first kappa shape index (κ1) is 22.4. The average molecular weight is 445 g/mol. The van der Waals surface area contributed by atoms with E-state index in [1.165, 1.54) is 32.4 Å². The first-order valence-electron chi connectivity index (χ1n) is 9.58. The molecule has 3 rings (SSSR count). The van der Waals surface area contributed by atoms with Crippen molar-refractivity contribution in [1.29, 1.82) is 0 Å². The zero-order valence-electron chi connectivity index (χ0n) is 17.7. The summed E-state index contributed by atoms with van der Waals surface area (Å²) in [5, 5.41) is 6.58. The summed E-state index contributed by atoms with van der Waals surface area (Å²) >= 11 is 0. The first-order valence-corrected chi connectivity index (χ1v) is 11.0. The molecule has 2 aromatic carbocycles. The highest BCUT2D eigenvalue weighted by Crippen LogP contribution is 2.25. The van der Waals surface area contributed by atoms with Gasteiger partial charge in [-0.25, -0.2) is 8.42 Å². The minimum Gasteiger partial charge on any atom is -0.496 e. The third-order valence-electron chi connectivity index (χ3n) is 4.56. The van der Waals surface area contributed by atoms with Crippen LogP contribution in [-0.4, -0.2) is 49.5 Å². The van der Waals surface area contributed by atoms with Gasteiger partial charge in [-0.1, -0.05) is 28.9 Å². The molecule has 0 aliphatic carbocycles. The van der Waals surface area contributed by atoms with Gasteiger partial charge in [0.15, 0.2) is 0 Å². The highest BCUT2D eigenvalue weighted by atomic mass is 32.2. The second-order valence-corrected chi connectivity index (χ2v) is 8.91. The summed E-state index contributed by atoms with van der Waals surface area (Å²) in [4.78, 5) is 16.5. The number of aromatic nitrogens is 2. The van der Waals surface area contributed by atoms with Gasteiger partial charge < -0.3 is 14.6 Å². The topological polar surface area (TPSA) is 115 Å². The summed E-state index contributed by atoms with van der Waals surface area (Å²) in [7, 11) is -1.10. The largest absolute Gasteiger partial charge is 0.496 e. The molecular weight excluding hydrogens is 420 g/mol. The van der Waals surface area contributed by atoms with E-state index in [9.17, 15) is 13.2 Å². The van der Waals surface area contributed by atoms with Crippen LogP contribution in [0.1, 0.15) is 28.7 Å². The van der Waals surface area contributed by atoms with Gasteiger partial charge in [0.2, 0.25) is 21.7 Å². The zero-order chi connectivity index (χ0) is 22.6. The number of benzene rings is 2. The molecule has 0 saturated carbocycles. The minimum atomic E-state index is -3.93. The van der Waals surface area contributed by atoms with E-state index in [0.29, 0.717) is 12.4 Å². The lowest BCUT2D eigenvalue weighted by Crippen LogP contribution is -2.28. The van der Waals surface area contributed by atoms with Crippen molar-refractivity contribution in [3.8, 4) is 17.1 Å². The number of nitrogens with zero attached hydrogens (tertiary/aromatic N) is 3. The van der Waals surface area contributed by atoms with Crippen LogP contribution in [-0.2, 0) is 16.6 Å². The highest BCUT2D eigenvalue weighted by molar-refractivity contribution is 7.89. The quantitative estimate of drug-likeness (QED) is 0.568. The molecule has 9 nitrogen and oxygen atoms in total. The molecule has 3 aromatic rings. The molecule has 31 heavy (non-hydrogen) atoms. The monoisotopic (exact) mass is 444 g/mol. The van der Waals surface area contributed by atoms with Crippen LogP contribution < -0.4 is 10.1 Å². The van der Waals surface area contributed by atoms with Gasteiger partial charge in [0, 0.05) is 19.2 Å². The van der Waals surface area contributed by atoms with Crippen molar-refractivity contribution in [1.82, 2.24) is 19.8 Å². The molecular formula is C21H24N4O5S. The summed E-state index contributed by atoms with van der Waals surface area (Å²) < 4.78 is 37.6. The van der Waals surface area contributed by atoms with Crippen LogP contribution in [0.2, 0.25) is 0 Å². The maximum Gasteiger partial charge on any atom is 0.255 e. The van der Waals surface area contributed by atoms with Crippen LogP contribution in [0.5, 0.6) is 5.75 Å². The van der Waals surface area contributed by atoms with E-state index in [2.05, 4.69) is 15.5 Å². The Hall–Kier alpha value is -3.24. The molecule has 0 aliphatic heterocycles. The van der Waals surface area contributed by atoms with Crippen molar-refractivity contribution < 1.29 is 22.5 Å². The number of hydrogen-bond acceptors (Lipinski definition) is 7. The number of ether oxygens (including phenoxy) is 1. The van der Waals surface area contributed by atoms with Gasteiger partial charge in [-0.05, 0) is 38.1 Å². The number of nitrogens with one attached hydrogen (secondary N) is 1. The molecule has 0 atom stereocenters. The Balaban J connectivity index is 1.84. The summed E-state index contributed by atoms with van der Waals surface area (Å²) in [6.45, 7) is 4.01. The van der Waals surface area contributed by atoms with Crippen molar-refractivity contribution in [3.05, 3.63) is 59.5 Å². The fourth-order valence-electron chi connectivity index (χ4n) is 2.96. The normalized spacial score (nSPS) is 11.5. The summed E-state index contributed by atoms with van der Waals surface area (Å²) in [5.41, 5.74) is 1.96. The van der Waals surface area contributed by atoms with Crippen molar-refractivity contribution in [2.24, 2.45) is 0 Å². The number of rotatable bonds is 8. The Labute approximate surface area is 181 Å². The van der Waals surface area contributed by atoms with Gasteiger partial charge in [0.25, 0.3) is 5.91 Å². The van der Waals surface area contributed by atoms with Crippen LogP contribution in [0.25, 0.3) is 11.4 Å². The number of aryl methyl sites for hydroxylation is 1. The van der Waals surface area contributed by atoms with Gasteiger partial charge in [-0.2, -0.15) is 9.29 Å². The molecule has 1 amide bonds. The van der Waals surface area contributed by atoms with Crippen LogP contribution in [0.3, 0.4) is 0 Å². The van der Waals surface area contributed by atoms with E-state index in [-0.39, 0.29) is 28.6 Å². The number of sulfonamides is 1. The molecule has 1 N–H and O–H groups in total. The van der Waals surface area contributed by atoms with E-state index in [0.717, 1.165) is 15.4 Å². The molecule has 1 aromatic heterocycles. The van der Waals surface area contributed by atoms with Gasteiger partial charge in [-0.3, -0.25) is 4.79 Å². The van der Waals surface area contributed by atoms with Crippen molar-refractivity contribution >= 4 is 15.9 Å². The fourth-order valence-corrected chi connectivity index (χ4v) is 4.10. The average Bonchev–Trinajstić information content (AvgIpc) is 3.22. The second kappa shape index (κ2) is 9.27. The lowest BCUT2D eigenvalue weighted by molar-refractivity contribution is 0.0952. The second-order valence-electron chi connectivity index (χ2n) is 6.86. The standard InChI is InChI=1S/C21H24N4O5S/c1-5-22-21(26)17-12-16(9-10-18(17)29-4)31(27,28)25(3)13-19-23-20(24-30-19)15-8-6-7-14(2)11-15/h6-12H,5,13H2,1-4H3,(H,22,26). The van der Waals surface area contributed by atoms with E-state index >= 15 is 0 Å². The Morgan fingerprint density at radius 2 is 2.00 bits per heavy atom. The predicted octanol–water partition coefficient (Wildman–Crippen LogP) is 2.62. The van der Waals surface area contributed by atoms with Crippen molar-refractivity contribution in [3.63, 3.8) is 0 Å². The summed E-state index contributed by atoms with van der Waals surface area (Å²) in [6.07, 6.45) is 0. The lowest BCUT2D eigenvalue weighted by atomic mass is 10.1. The van der Waals surface area contributed by atoms with Crippen LogP contribution in [0, 0.1) is 6.92 Å².